The number of primary amides is 1. The third kappa shape index (κ3) is 25.6. The number of amides is 10. The summed E-state index contributed by atoms with van der Waals surface area (Å²) in [6.07, 6.45) is -3.35. The largest absolute Gasteiger partial charge is 0.508 e. The number of benzene rings is 3. The van der Waals surface area contributed by atoms with Crippen LogP contribution >= 0.6 is 11.8 Å². The summed E-state index contributed by atoms with van der Waals surface area (Å²) in [6.45, 7) is 7.36. The van der Waals surface area contributed by atoms with Gasteiger partial charge in [0.05, 0.1) is 31.4 Å². The first-order chi connectivity index (χ1) is 41.9. The molecule has 0 aromatic heterocycles. The highest BCUT2D eigenvalue weighted by Crippen LogP contribution is 2.16. The molecule has 0 saturated heterocycles. The van der Waals surface area contributed by atoms with E-state index in [9.17, 15) is 82.8 Å². The third-order valence-electron chi connectivity index (χ3n) is 14.0. The monoisotopic (exact) mass is 1260 g/mol. The lowest BCUT2D eigenvalue weighted by atomic mass is 9.96. The third-order valence-corrected chi connectivity index (χ3v) is 14.6. The van der Waals surface area contributed by atoms with Gasteiger partial charge in [0, 0.05) is 19.3 Å². The van der Waals surface area contributed by atoms with Crippen LogP contribution in [0.4, 0.5) is 0 Å². The zero-order valence-electron chi connectivity index (χ0n) is 50.1. The quantitative estimate of drug-likeness (QED) is 0.0291. The first-order valence-corrected chi connectivity index (χ1v) is 29.8. The van der Waals surface area contributed by atoms with Crippen molar-refractivity contribution in [1.82, 2.24) is 47.9 Å². The van der Waals surface area contributed by atoms with Crippen LogP contribution in [0.2, 0.25) is 0 Å². The first-order valence-electron chi connectivity index (χ1n) is 28.4. The van der Waals surface area contributed by atoms with E-state index in [1.54, 1.807) is 80.8 Å². The van der Waals surface area contributed by atoms with Gasteiger partial charge in [-0.1, -0.05) is 107 Å². The van der Waals surface area contributed by atoms with Gasteiger partial charge in [-0.2, -0.15) is 11.8 Å². The second-order valence-corrected chi connectivity index (χ2v) is 22.5. The number of carboxylic acids is 3. The average Bonchev–Trinajstić information content (AvgIpc) is 2.16. The average molecular weight is 1260 g/mol. The summed E-state index contributed by atoms with van der Waals surface area (Å²) in [5, 5.41) is 71.5. The molecule has 30 heteroatoms. The van der Waals surface area contributed by atoms with Gasteiger partial charge in [-0.15, -0.1) is 0 Å². The van der Waals surface area contributed by atoms with E-state index in [2.05, 4.69) is 47.9 Å². The van der Waals surface area contributed by atoms with Crippen molar-refractivity contribution >= 4 is 88.7 Å². The Hall–Kier alpha value is -9.16. The van der Waals surface area contributed by atoms with E-state index in [1.807, 2.05) is 0 Å². The number of carbonyl (C=O) groups is 13. The zero-order valence-corrected chi connectivity index (χ0v) is 50.9. The van der Waals surface area contributed by atoms with Crippen LogP contribution in [0.5, 0.6) is 5.75 Å². The smallest absolute Gasteiger partial charge is 0.326 e. The fourth-order valence-corrected chi connectivity index (χ4v) is 9.25. The van der Waals surface area contributed by atoms with Gasteiger partial charge in [-0.25, -0.2) is 4.79 Å². The number of nitrogens with two attached hydrogens (primary N) is 2. The molecule has 0 heterocycles. The summed E-state index contributed by atoms with van der Waals surface area (Å²) in [4.78, 5) is 174. The van der Waals surface area contributed by atoms with Gasteiger partial charge in [0.1, 0.15) is 60.1 Å². The van der Waals surface area contributed by atoms with Crippen LogP contribution in [-0.4, -0.2) is 181 Å². The van der Waals surface area contributed by atoms with Crippen molar-refractivity contribution in [2.75, 3.05) is 12.0 Å². The van der Waals surface area contributed by atoms with Gasteiger partial charge < -0.3 is 84.9 Å². The standard InChI is InChI=1S/C59H81N11O18S/c1-7-31(4)48(69-51(79)38(22-23-89-6)62-50(78)37(60)27-45(74)75)57(85)70-49(32(5)71)58(86)67-42(28-44(61)73)55(83)65-39(24-33-14-10-8-11-15-33)52(80)64-41(26-35-18-20-36(72)21-19-35)53(81)63-40(25-34-16-12-9-13-17-34)54(82)66-43(29-46(76)77)56(84)68-47(30(2)3)59(87)88/h8-21,30-32,37-43,47-49,71-72H,7,22-29,60H2,1-6H3,(H2,61,73)(H,62,78)(H,63,81)(H,64,80)(H,65,83)(H,66,82)(H,67,86)(H,68,84)(H,69,79)(H,70,85)(H,74,75)(H,76,77)(H,87,88)/t31-,32+,37-,38-,39-,40-,41-,42-,43-,47-,48-,49-/m0/s1. The number of phenolic OH excluding ortho intramolecular Hbond substituents is 1. The molecule has 0 aliphatic heterocycles. The van der Waals surface area contributed by atoms with E-state index in [0.29, 0.717) is 22.4 Å². The summed E-state index contributed by atoms with van der Waals surface area (Å²) in [5.74, 6) is -16.3. The van der Waals surface area contributed by atoms with Gasteiger partial charge in [-0.3, -0.25) is 57.5 Å². The molecule has 3 rings (SSSR count). The molecule has 3 aromatic rings. The number of hydrogen-bond acceptors (Lipinski definition) is 17. The fourth-order valence-electron chi connectivity index (χ4n) is 8.78. The van der Waals surface area contributed by atoms with Crippen LogP contribution in [0, 0.1) is 11.8 Å². The number of nitrogens with one attached hydrogen (secondary N) is 9. The van der Waals surface area contributed by atoms with E-state index in [-0.39, 0.29) is 37.9 Å². The minimum Gasteiger partial charge on any atom is -0.508 e. The molecule has 0 aliphatic rings. The summed E-state index contributed by atoms with van der Waals surface area (Å²) in [7, 11) is 0. The molecule has 18 N–H and O–H groups in total. The Kier molecular flexibility index (Phi) is 30.7. The van der Waals surface area contributed by atoms with Crippen molar-refractivity contribution < 1.29 is 87.9 Å². The van der Waals surface area contributed by atoms with Gasteiger partial charge in [0.25, 0.3) is 0 Å². The van der Waals surface area contributed by atoms with Crippen molar-refractivity contribution in [1.29, 1.82) is 0 Å². The number of rotatable bonds is 38. The maximum absolute atomic E-state index is 14.8. The molecule has 0 saturated carbocycles. The van der Waals surface area contributed by atoms with E-state index in [1.165, 1.54) is 49.9 Å². The number of aromatic hydroxyl groups is 1. The lowest BCUT2D eigenvalue weighted by Gasteiger charge is -2.30. The molecule has 29 nitrogen and oxygen atoms in total. The topological polar surface area (TPSA) is 483 Å². The molecule has 486 valence electrons. The molecular formula is C59H81N11O18S. The molecule has 89 heavy (non-hydrogen) atoms. The number of aliphatic hydroxyl groups is 1. The Balaban J connectivity index is 2.03. The molecule has 10 amide bonds. The number of aliphatic carboxylic acids is 3. The Bertz CT molecular complexity index is 2940. The van der Waals surface area contributed by atoms with Gasteiger partial charge in [-0.05, 0) is 66.0 Å². The highest BCUT2D eigenvalue weighted by Gasteiger charge is 2.39. The molecule has 12 atom stereocenters. The minimum absolute atomic E-state index is 0.0249. The number of aliphatic hydroxyl groups excluding tert-OH is 1. The van der Waals surface area contributed by atoms with Crippen molar-refractivity contribution in [2.45, 2.75) is 153 Å². The van der Waals surface area contributed by atoms with Crippen LogP contribution in [0.3, 0.4) is 0 Å². The number of carbonyl (C=O) groups excluding carboxylic acids is 10. The van der Waals surface area contributed by atoms with Crippen LogP contribution < -0.4 is 59.3 Å². The molecule has 0 radical (unpaired) electrons. The van der Waals surface area contributed by atoms with Crippen LogP contribution in [0.25, 0.3) is 0 Å². The second kappa shape index (κ2) is 36.9. The predicted molar refractivity (Wildman–Crippen MR) is 322 cm³/mol. The Morgan fingerprint density at radius 2 is 0.831 bits per heavy atom. The molecule has 0 aliphatic carbocycles. The van der Waals surface area contributed by atoms with Crippen LogP contribution in [-0.2, 0) is 81.6 Å². The number of thioether (sulfide) groups is 1. The van der Waals surface area contributed by atoms with E-state index >= 15 is 0 Å². The fraction of sp³-hybridized carbons (Fsp3) is 0.475. The van der Waals surface area contributed by atoms with E-state index in [4.69, 9.17) is 16.6 Å². The van der Waals surface area contributed by atoms with Crippen LogP contribution in [0.1, 0.15) is 83.4 Å². The van der Waals surface area contributed by atoms with Gasteiger partial charge in [0.2, 0.25) is 59.1 Å². The highest BCUT2D eigenvalue weighted by atomic mass is 32.2. The maximum Gasteiger partial charge on any atom is 0.326 e. The maximum atomic E-state index is 14.8. The summed E-state index contributed by atoms with van der Waals surface area (Å²) >= 11 is 1.32. The van der Waals surface area contributed by atoms with Gasteiger partial charge in [0.15, 0.2) is 0 Å². The lowest BCUT2D eigenvalue weighted by molar-refractivity contribution is -0.144. The molecule has 0 fully saturated rings. The second-order valence-electron chi connectivity index (χ2n) is 21.5. The summed E-state index contributed by atoms with van der Waals surface area (Å²) in [5.41, 5.74) is 12.5. The van der Waals surface area contributed by atoms with E-state index in [0.717, 1.165) is 6.92 Å². The van der Waals surface area contributed by atoms with Crippen molar-refractivity contribution in [3.63, 3.8) is 0 Å². The Morgan fingerprint density at radius 3 is 1.25 bits per heavy atom. The number of carboxylic acid groups (broad SMARTS) is 3. The number of phenols is 1. The van der Waals surface area contributed by atoms with Gasteiger partial charge >= 0.3 is 17.9 Å². The summed E-state index contributed by atoms with van der Waals surface area (Å²) < 4.78 is 0. The molecule has 3 aromatic carbocycles. The van der Waals surface area contributed by atoms with Crippen molar-refractivity contribution in [3.05, 3.63) is 102 Å². The highest BCUT2D eigenvalue weighted by molar-refractivity contribution is 7.98. The SMILES string of the molecule is CC[C@H](C)[C@H](NC(=O)[C@H](CCSC)NC(=O)[C@@H](N)CC(=O)O)C(=O)N[C@H](C(=O)N[C@@H](CC(N)=O)C(=O)N[C@@H](Cc1ccccc1)C(=O)N[C@@H](Cc1ccc(O)cc1)C(=O)N[C@@H](Cc1ccccc1)C(=O)N[C@@H](CC(=O)O)C(=O)N[C@H](C(=O)O)C(C)C)[C@@H](C)O. The van der Waals surface area contributed by atoms with E-state index < -0.39 is 175 Å². The van der Waals surface area contributed by atoms with Crippen molar-refractivity contribution in [2.24, 2.45) is 23.3 Å². The lowest BCUT2D eigenvalue weighted by Crippen LogP contribution is -2.63. The minimum atomic E-state index is -1.93. The predicted octanol–water partition coefficient (Wildman–Crippen LogP) is -2.14. The molecule has 0 unspecified atom stereocenters. The number of hydrogen-bond donors (Lipinski definition) is 16. The molecule has 0 spiro atoms. The molecular weight excluding hydrogens is 1180 g/mol. The zero-order chi connectivity index (χ0) is 66.7. The summed E-state index contributed by atoms with van der Waals surface area (Å²) in [6, 6.07) is 5.25. The van der Waals surface area contributed by atoms with Crippen LogP contribution in [0.15, 0.2) is 84.9 Å². The Morgan fingerprint density at radius 1 is 0.461 bits per heavy atom. The normalized spacial score (nSPS) is 15.1. The van der Waals surface area contributed by atoms with Crippen molar-refractivity contribution in [3.8, 4) is 5.75 Å². The molecule has 0 bridgehead atoms. The Labute approximate surface area is 517 Å². The first kappa shape index (κ1) is 74.1.